The third-order valence-electron chi connectivity index (χ3n) is 13.7. The number of fused-ring (bicyclic) bond motifs is 9. The first-order valence-corrected chi connectivity index (χ1v) is 22.5. The van der Waals surface area contributed by atoms with E-state index in [0.29, 0.717) is 18.7 Å². The van der Waals surface area contributed by atoms with Gasteiger partial charge < -0.3 is 14.5 Å². The van der Waals surface area contributed by atoms with Crippen LogP contribution in [0.1, 0.15) is 48.1 Å². The molecule has 0 atom stereocenters. The van der Waals surface area contributed by atoms with E-state index in [1.807, 2.05) is 36.4 Å². The van der Waals surface area contributed by atoms with Gasteiger partial charge in [-0.1, -0.05) is 159 Å². The van der Waals surface area contributed by atoms with Crippen LogP contribution in [-0.4, -0.2) is 20.6 Å². The third kappa shape index (κ3) is 6.44. The maximum absolute atomic E-state index is 9.09. The Hall–Kier alpha value is -8.08. The molecule has 4 nitrogen and oxygen atoms in total. The van der Waals surface area contributed by atoms with Gasteiger partial charge in [-0.25, -0.2) is 0 Å². The van der Waals surface area contributed by atoms with E-state index in [9.17, 15) is 0 Å². The number of para-hydroxylation sites is 3. The van der Waals surface area contributed by atoms with Crippen LogP contribution in [0.15, 0.2) is 217 Å². The average Bonchev–Trinajstić information content (AvgIpc) is 3.95. The SMILES string of the molecule is CC1(C)c2cc(C(CC(=N)c3ccccc3)=NCc3ccccc3)ccc2-c2ccc(-n3c4ccccc4c4cc(-c5ccc6c(c5)c5ccccc5n6-c5ccccc5)ccc43)cc21. The van der Waals surface area contributed by atoms with Crippen LogP contribution in [0.25, 0.3) is 77.2 Å². The molecule has 1 aliphatic rings. The molecule has 0 bridgehead atoms. The number of hydrogen-bond acceptors (Lipinski definition) is 2. The minimum Gasteiger partial charge on any atom is -0.309 e. The summed E-state index contributed by atoms with van der Waals surface area (Å²) in [4.78, 5) is 5.19. The van der Waals surface area contributed by atoms with E-state index >= 15 is 0 Å². The highest BCUT2D eigenvalue weighted by Crippen LogP contribution is 2.50. The number of nitrogens with one attached hydrogen (secondary N) is 1. The Kier molecular flexibility index (Phi) is 9.09. The number of nitrogens with zero attached hydrogens (tertiary/aromatic N) is 3. The van der Waals surface area contributed by atoms with Crippen LogP contribution in [0.2, 0.25) is 0 Å². The highest BCUT2D eigenvalue weighted by molar-refractivity contribution is 6.17. The summed E-state index contributed by atoms with van der Waals surface area (Å²) in [5, 5.41) is 14.1. The Labute approximate surface area is 378 Å². The first-order valence-electron chi connectivity index (χ1n) is 22.5. The van der Waals surface area contributed by atoms with Gasteiger partial charge in [0.25, 0.3) is 0 Å². The quantitative estimate of drug-likeness (QED) is 0.141. The van der Waals surface area contributed by atoms with Crippen molar-refractivity contribution in [3.8, 4) is 33.6 Å². The van der Waals surface area contributed by atoms with Crippen molar-refractivity contribution in [2.75, 3.05) is 0 Å². The molecule has 0 unspecified atom stereocenters. The number of aliphatic imine (C=N–C) groups is 1. The zero-order valence-corrected chi connectivity index (χ0v) is 36.5. The fraction of sp³-hybridized carbons (Fsp3) is 0.0820. The largest absolute Gasteiger partial charge is 0.309 e. The molecule has 0 fully saturated rings. The van der Waals surface area contributed by atoms with Gasteiger partial charge >= 0.3 is 0 Å². The Morgan fingerprint density at radius 3 is 1.58 bits per heavy atom. The monoisotopic (exact) mass is 834 g/mol. The molecule has 0 saturated heterocycles. The van der Waals surface area contributed by atoms with Gasteiger partial charge in [0.05, 0.1) is 28.6 Å². The van der Waals surface area contributed by atoms with Crippen LogP contribution >= 0.6 is 0 Å². The van der Waals surface area contributed by atoms with E-state index in [1.165, 1.54) is 82.7 Å². The molecule has 11 aromatic rings. The summed E-state index contributed by atoms with van der Waals surface area (Å²) >= 11 is 0. The molecule has 0 spiro atoms. The summed E-state index contributed by atoms with van der Waals surface area (Å²) in [5.74, 6) is 0. The zero-order valence-electron chi connectivity index (χ0n) is 36.5. The number of rotatable bonds is 9. The van der Waals surface area contributed by atoms with Gasteiger partial charge in [0.15, 0.2) is 0 Å². The molecule has 310 valence electrons. The summed E-state index contributed by atoms with van der Waals surface area (Å²) in [6.45, 7) is 5.27. The minimum absolute atomic E-state index is 0.262. The molecule has 12 rings (SSSR count). The van der Waals surface area contributed by atoms with Crippen LogP contribution in [0.4, 0.5) is 0 Å². The van der Waals surface area contributed by atoms with Crippen molar-refractivity contribution in [3.05, 3.63) is 240 Å². The summed E-state index contributed by atoms with van der Waals surface area (Å²) in [5.41, 5.74) is 19.0. The van der Waals surface area contributed by atoms with E-state index in [0.717, 1.165) is 28.1 Å². The second-order valence-electron chi connectivity index (χ2n) is 17.9. The lowest BCUT2D eigenvalue weighted by molar-refractivity contribution is 0.659. The topological polar surface area (TPSA) is 46.1 Å². The highest BCUT2D eigenvalue weighted by Gasteiger charge is 2.36. The molecular weight excluding hydrogens is 789 g/mol. The molecule has 2 heterocycles. The van der Waals surface area contributed by atoms with E-state index in [-0.39, 0.29) is 5.41 Å². The van der Waals surface area contributed by atoms with Crippen LogP contribution in [0.5, 0.6) is 0 Å². The summed E-state index contributed by atoms with van der Waals surface area (Å²) in [6, 6.07) is 76.4. The fourth-order valence-electron chi connectivity index (χ4n) is 10.4. The molecular formula is C61H46N4. The van der Waals surface area contributed by atoms with Gasteiger partial charge in [-0.2, -0.15) is 0 Å². The molecule has 2 aromatic heterocycles. The van der Waals surface area contributed by atoms with Crippen LogP contribution in [-0.2, 0) is 12.0 Å². The van der Waals surface area contributed by atoms with Crippen molar-refractivity contribution < 1.29 is 0 Å². The molecule has 0 radical (unpaired) electrons. The van der Waals surface area contributed by atoms with Gasteiger partial charge in [0.1, 0.15) is 0 Å². The van der Waals surface area contributed by atoms with Gasteiger partial charge in [-0.3, -0.25) is 4.99 Å². The summed E-state index contributed by atoms with van der Waals surface area (Å²) < 4.78 is 4.82. The maximum atomic E-state index is 9.09. The van der Waals surface area contributed by atoms with Crippen LogP contribution in [0, 0.1) is 5.41 Å². The molecule has 65 heavy (non-hydrogen) atoms. The predicted octanol–water partition coefficient (Wildman–Crippen LogP) is 15.3. The smallest absolute Gasteiger partial charge is 0.0643 e. The second kappa shape index (κ2) is 15.3. The highest BCUT2D eigenvalue weighted by atomic mass is 15.0. The number of hydrogen-bond donors (Lipinski definition) is 1. The lowest BCUT2D eigenvalue weighted by atomic mass is 9.81. The van der Waals surface area contributed by atoms with E-state index in [2.05, 4.69) is 199 Å². The molecule has 1 aliphatic carbocycles. The van der Waals surface area contributed by atoms with Crippen molar-refractivity contribution in [2.45, 2.75) is 32.2 Å². The maximum Gasteiger partial charge on any atom is 0.0643 e. The van der Waals surface area contributed by atoms with Gasteiger partial charge in [-0.05, 0) is 117 Å². The van der Waals surface area contributed by atoms with E-state index in [4.69, 9.17) is 10.4 Å². The minimum atomic E-state index is -0.262. The van der Waals surface area contributed by atoms with Gasteiger partial charge in [0.2, 0.25) is 0 Å². The Bertz CT molecular complexity index is 3680. The second-order valence-corrected chi connectivity index (χ2v) is 17.9. The Balaban J connectivity index is 0.924. The van der Waals surface area contributed by atoms with E-state index < -0.39 is 0 Å². The predicted molar refractivity (Wildman–Crippen MR) is 273 cm³/mol. The van der Waals surface area contributed by atoms with Crippen molar-refractivity contribution in [1.82, 2.24) is 9.13 Å². The summed E-state index contributed by atoms with van der Waals surface area (Å²) in [7, 11) is 0. The summed E-state index contributed by atoms with van der Waals surface area (Å²) in [6.07, 6.45) is 0.454. The van der Waals surface area contributed by atoms with Crippen LogP contribution in [0.3, 0.4) is 0 Å². The lowest BCUT2D eigenvalue weighted by Gasteiger charge is -2.23. The molecule has 4 heteroatoms. The lowest BCUT2D eigenvalue weighted by Crippen LogP contribution is -2.17. The Morgan fingerprint density at radius 1 is 0.446 bits per heavy atom. The van der Waals surface area contributed by atoms with Crippen molar-refractivity contribution in [3.63, 3.8) is 0 Å². The van der Waals surface area contributed by atoms with Crippen molar-refractivity contribution in [1.29, 1.82) is 5.41 Å². The van der Waals surface area contributed by atoms with Gasteiger partial charge in [0, 0.05) is 56.2 Å². The first-order chi connectivity index (χ1) is 31.9. The standard InChI is InChI=1S/C61H46N4/c1-61(2)53-36-44(56(63-39-40-16-6-3-7-17-40)38-55(62)41-18-8-4-9-19-41)26-30-47(53)48-31-29-46(37-54(48)61)65-58-25-15-13-23-50(58)52-35-43(28-33-60(52)65)42-27-32-59-51(34-42)49-22-12-14-24-57(49)64(59)45-20-10-5-11-21-45/h3-37,62H,38-39H2,1-2H3. The molecule has 9 aromatic carbocycles. The fourth-order valence-corrected chi connectivity index (χ4v) is 10.4. The Morgan fingerprint density at radius 2 is 0.954 bits per heavy atom. The molecule has 0 aliphatic heterocycles. The molecule has 0 amide bonds. The van der Waals surface area contributed by atoms with Crippen molar-refractivity contribution in [2.24, 2.45) is 4.99 Å². The zero-order chi connectivity index (χ0) is 43.6. The molecule has 0 saturated carbocycles. The number of benzene rings is 9. The van der Waals surface area contributed by atoms with Gasteiger partial charge in [-0.15, -0.1) is 0 Å². The van der Waals surface area contributed by atoms with Crippen molar-refractivity contribution >= 4 is 55.0 Å². The third-order valence-corrected chi connectivity index (χ3v) is 13.7. The number of aromatic nitrogens is 2. The van der Waals surface area contributed by atoms with Crippen LogP contribution < -0.4 is 0 Å². The van der Waals surface area contributed by atoms with E-state index in [1.54, 1.807) is 0 Å². The average molecular weight is 835 g/mol. The first kappa shape index (κ1) is 38.6. The normalized spacial score (nSPS) is 13.2. The molecule has 1 N–H and O–H groups in total.